The fourth-order valence-corrected chi connectivity index (χ4v) is 4.09. The van der Waals surface area contributed by atoms with Gasteiger partial charge in [-0.15, -0.1) is 0 Å². The Morgan fingerprint density at radius 2 is 1.80 bits per heavy atom. The van der Waals surface area contributed by atoms with Gasteiger partial charge in [0, 0.05) is 24.3 Å². The van der Waals surface area contributed by atoms with E-state index in [0.717, 1.165) is 18.4 Å². The van der Waals surface area contributed by atoms with Gasteiger partial charge in [-0.3, -0.25) is 0 Å². The van der Waals surface area contributed by atoms with Crippen LogP contribution in [-0.2, 0) is 0 Å². The summed E-state index contributed by atoms with van der Waals surface area (Å²) in [5.41, 5.74) is 8.79. The topological polar surface area (TPSA) is 29.3 Å². The number of nitrogens with two attached hydrogens (primary N) is 1. The van der Waals surface area contributed by atoms with Crippen LogP contribution in [0.4, 0.5) is 5.69 Å². The molecule has 2 aliphatic rings. The van der Waals surface area contributed by atoms with Gasteiger partial charge in [-0.05, 0) is 55.7 Å². The van der Waals surface area contributed by atoms with E-state index in [1.165, 1.54) is 56.3 Å². The Bertz CT molecular complexity index is 420. The first-order valence-electron chi connectivity index (χ1n) is 8.41. The third-order valence-corrected chi connectivity index (χ3v) is 5.34. The van der Waals surface area contributed by atoms with Crippen LogP contribution in [0.1, 0.15) is 63.5 Å². The summed E-state index contributed by atoms with van der Waals surface area (Å²) in [5.74, 6) is 0.940. The number of benzene rings is 1. The molecular weight excluding hydrogens is 244 g/mol. The monoisotopic (exact) mass is 272 g/mol. The van der Waals surface area contributed by atoms with E-state index >= 15 is 0 Å². The van der Waals surface area contributed by atoms with Gasteiger partial charge in [-0.1, -0.05) is 31.9 Å². The smallest absolute Gasteiger partial charge is 0.0369 e. The zero-order chi connectivity index (χ0) is 13.9. The van der Waals surface area contributed by atoms with E-state index in [4.69, 9.17) is 5.73 Å². The molecule has 0 amide bonds. The predicted octanol–water partition coefficient (Wildman–Crippen LogP) is 4.26. The summed E-state index contributed by atoms with van der Waals surface area (Å²) in [6, 6.07) is 10.0. The average molecular weight is 272 g/mol. The molecule has 0 aromatic heterocycles. The maximum atomic E-state index is 6.11. The van der Waals surface area contributed by atoms with Crippen molar-refractivity contribution < 1.29 is 0 Å². The molecule has 1 saturated heterocycles. The molecule has 1 aromatic carbocycles. The largest absolute Gasteiger partial charge is 0.368 e. The van der Waals surface area contributed by atoms with E-state index in [1.54, 1.807) is 0 Å². The molecule has 0 radical (unpaired) electrons. The highest BCUT2D eigenvalue weighted by Gasteiger charge is 2.33. The minimum Gasteiger partial charge on any atom is -0.368 e. The summed E-state index contributed by atoms with van der Waals surface area (Å²) in [6.07, 6.45) is 9.53. The molecule has 1 saturated carbocycles. The number of hydrogen-bond acceptors (Lipinski definition) is 2. The molecule has 1 aliphatic carbocycles. The van der Waals surface area contributed by atoms with Crippen LogP contribution >= 0.6 is 0 Å². The van der Waals surface area contributed by atoms with Crippen molar-refractivity contribution in [2.75, 3.05) is 11.4 Å². The second-order valence-corrected chi connectivity index (χ2v) is 6.55. The third kappa shape index (κ3) is 2.71. The summed E-state index contributed by atoms with van der Waals surface area (Å²) in [6.45, 7) is 3.38. The molecule has 1 aromatic rings. The molecular formula is C18H28N2. The van der Waals surface area contributed by atoms with Crippen molar-refractivity contribution in [1.29, 1.82) is 0 Å². The molecule has 1 heterocycles. The lowest BCUT2D eigenvalue weighted by atomic mass is 9.95. The van der Waals surface area contributed by atoms with Crippen molar-refractivity contribution in [3.05, 3.63) is 29.8 Å². The van der Waals surface area contributed by atoms with Crippen LogP contribution in [0.3, 0.4) is 0 Å². The molecule has 2 atom stereocenters. The predicted molar refractivity (Wildman–Crippen MR) is 86.0 cm³/mol. The fraction of sp³-hybridized carbons (Fsp3) is 0.667. The Balaban J connectivity index is 1.74. The SMILES string of the molecule is CC[C@H](N)c1ccc(N2CCCC2C2CCCC2)cc1. The molecule has 2 N–H and O–H groups in total. The van der Waals surface area contributed by atoms with Gasteiger partial charge in [-0.2, -0.15) is 0 Å². The van der Waals surface area contributed by atoms with Crippen LogP contribution in [0.15, 0.2) is 24.3 Å². The lowest BCUT2D eigenvalue weighted by Gasteiger charge is -2.31. The van der Waals surface area contributed by atoms with E-state index in [9.17, 15) is 0 Å². The molecule has 1 aliphatic heterocycles. The zero-order valence-corrected chi connectivity index (χ0v) is 12.7. The standard InChI is InChI=1S/C18H28N2/c1-2-17(19)14-9-11-16(12-10-14)20-13-5-8-18(20)15-6-3-4-7-15/h9-12,15,17-18H,2-8,13,19H2,1H3/t17-,18?/m0/s1. The molecule has 3 rings (SSSR count). The van der Waals surface area contributed by atoms with E-state index in [-0.39, 0.29) is 6.04 Å². The van der Waals surface area contributed by atoms with Crippen molar-refractivity contribution in [2.24, 2.45) is 11.7 Å². The van der Waals surface area contributed by atoms with Crippen LogP contribution in [0.25, 0.3) is 0 Å². The van der Waals surface area contributed by atoms with Gasteiger partial charge < -0.3 is 10.6 Å². The second-order valence-electron chi connectivity index (χ2n) is 6.55. The first-order chi connectivity index (χ1) is 9.79. The van der Waals surface area contributed by atoms with Crippen LogP contribution in [0.5, 0.6) is 0 Å². The van der Waals surface area contributed by atoms with E-state index in [0.29, 0.717) is 0 Å². The minimum atomic E-state index is 0.188. The van der Waals surface area contributed by atoms with Crippen molar-refractivity contribution in [3.8, 4) is 0 Å². The van der Waals surface area contributed by atoms with Crippen LogP contribution in [0, 0.1) is 5.92 Å². The lowest BCUT2D eigenvalue weighted by Crippen LogP contribution is -2.34. The Labute approximate surface area is 123 Å². The summed E-state index contributed by atoms with van der Waals surface area (Å²) in [4.78, 5) is 2.66. The first-order valence-corrected chi connectivity index (χ1v) is 8.41. The van der Waals surface area contributed by atoms with Crippen LogP contribution in [0.2, 0.25) is 0 Å². The number of nitrogens with zero attached hydrogens (tertiary/aromatic N) is 1. The summed E-state index contributed by atoms with van der Waals surface area (Å²) in [7, 11) is 0. The van der Waals surface area contributed by atoms with E-state index in [1.807, 2.05) is 0 Å². The molecule has 2 fully saturated rings. The number of hydrogen-bond donors (Lipinski definition) is 1. The fourth-order valence-electron chi connectivity index (χ4n) is 4.09. The summed E-state index contributed by atoms with van der Waals surface area (Å²) >= 11 is 0. The number of anilines is 1. The average Bonchev–Trinajstić information content (AvgIpc) is 3.16. The van der Waals surface area contributed by atoms with E-state index < -0.39 is 0 Å². The van der Waals surface area contributed by atoms with Crippen molar-refractivity contribution in [3.63, 3.8) is 0 Å². The molecule has 2 nitrogen and oxygen atoms in total. The van der Waals surface area contributed by atoms with Crippen LogP contribution < -0.4 is 10.6 Å². The molecule has 0 bridgehead atoms. The second kappa shape index (κ2) is 6.17. The van der Waals surface area contributed by atoms with Gasteiger partial charge in [0.1, 0.15) is 0 Å². The normalized spacial score (nSPS) is 25.3. The Hall–Kier alpha value is -1.02. The maximum absolute atomic E-state index is 6.11. The van der Waals surface area contributed by atoms with Gasteiger partial charge in [0.25, 0.3) is 0 Å². The zero-order valence-electron chi connectivity index (χ0n) is 12.7. The van der Waals surface area contributed by atoms with E-state index in [2.05, 4.69) is 36.1 Å². The third-order valence-electron chi connectivity index (χ3n) is 5.34. The Morgan fingerprint density at radius 3 is 2.45 bits per heavy atom. The molecule has 1 unspecified atom stereocenters. The maximum Gasteiger partial charge on any atom is 0.0369 e. The van der Waals surface area contributed by atoms with Gasteiger partial charge in [-0.25, -0.2) is 0 Å². The highest BCUT2D eigenvalue weighted by molar-refractivity contribution is 5.50. The highest BCUT2D eigenvalue weighted by Crippen LogP contribution is 2.37. The molecule has 20 heavy (non-hydrogen) atoms. The quantitative estimate of drug-likeness (QED) is 0.887. The van der Waals surface area contributed by atoms with Crippen molar-refractivity contribution in [2.45, 2.75) is 64.0 Å². The molecule has 2 heteroatoms. The first kappa shape index (κ1) is 13.9. The lowest BCUT2D eigenvalue weighted by molar-refractivity contribution is 0.431. The highest BCUT2D eigenvalue weighted by atomic mass is 15.2. The summed E-state index contributed by atoms with van der Waals surface area (Å²) in [5, 5.41) is 0. The molecule has 110 valence electrons. The Morgan fingerprint density at radius 1 is 1.10 bits per heavy atom. The minimum absolute atomic E-state index is 0.188. The molecule has 0 spiro atoms. The summed E-state index contributed by atoms with van der Waals surface area (Å²) < 4.78 is 0. The van der Waals surface area contributed by atoms with Gasteiger partial charge in [0.05, 0.1) is 0 Å². The Kier molecular flexibility index (Phi) is 4.30. The van der Waals surface area contributed by atoms with Crippen LogP contribution in [-0.4, -0.2) is 12.6 Å². The van der Waals surface area contributed by atoms with Gasteiger partial charge in [0.2, 0.25) is 0 Å². The van der Waals surface area contributed by atoms with Crippen molar-refractivity contribution >= 4 is 5.69 Å². The number of rotatable bonds is 4. The van der Waals surface area contributed by atoms with Crippen molar-refractivity contribution in [1.82, 2.24) is 0 Å². The van der Waals surface area contributed by atoms with Gasteiger partial charge in [0.15, 0.2) is 0 Å². The van der Waals surface area contributed by atoms with Gasteiger partial charge >= 0.3 is 0 Å².